The lowest BCUT2D eigenvalue weighted by molar-refractivity contribution is -0.384. The lowest BCUT2D eigenvalue weighted by atomic mass is 10.2. The normalized spacial score (nSPS) is 10.1. The summed E-state index contributed by atoms with van der Waals surface area (Å²) in [7, 11) is 0. The molecule has 0 fully saturated rings. The molecule has 0 bridgehead atoms. The predicted octanol–water partition coefficient (Wildman–Crippen LogP) is 2.62. The lowest BCUT2D eigenvalue weighted by Gasteiger charge is -2.08. The summed E-state index contributed by atoms with van der Waals surface area (Å²) in [5.74, 6) is 0.500. The average molecular weight is 301 g/mol. The highest BCUT2D eigenvalue weighted by Gasteiger charge is 2.08. The molecule has 2 rings (SSSR count). The van der Waals surface area contributed by atoms with Gasteiger partial charge in [-0.05, 0) is 43.7 Å². The van der Waals surface area contributed by atoms with Crippen molar-refractivity contribution in [3.05, 3.63) is 57.8 Å². The van der Waals surface area contributed by atoms with Gasteiger partial charge >= 0.3 is 0 Å². The van der Waals surface area contributed by atoms with Gasteiger partial charge in [0.15, 0.2) is 6.61 Å². The highest BCUT2D eigenvalue weighted by molar-refractivity contribution is 5.91. The Morgan fingerprint density at radius 2 is 1.95 bits per heavy atom. The first-order valence-corrected chi connectivity index (χ1v) is 6.56. The highest BCUT2D eigenvalue weighted by Crippen LogP contribution is 2.17. The van der Waals surface area contributed by atoms with Crippen LogP contribution in [0.15, 0.2) is 36.4 Å². The van der Waals surface area contributed by atoms with Crippen LogP contribution in [0.2, 0.25) is 0 Å². The monoisotopic (exact) mass is 301 g/mol. The first-order valence-electron chi connectivity index (χ1n) is 6.56. The maximum Gasteiger partial charge on any atom is 0.269 e. The highest BCUT2D eigenvalue weighted by atomic mass is 16.6. The minimum Gasteiger partial charge on any atom is -0.484 e. The summed E-state index contributed by atoms with van der Waals surface area (Å²) >= 11 is 0. The molecule has 22 heavy (non-hydrogen) atoms. The van der Waals surface area contributed by atoms with Gasteiger partial charge in [-0.3, -0.25) is 14.9 Å². The van der Waals surface area contributed by atoms with E-state index >= 15 is 0 Å². The van der Waals surface area contributed by atoms with Crippen molar-refractivity contribution < 1.29 is 14.5 Å². The molecule has 1 aromatic heterocycles. The van der Waals surface area contributed by atoms with Gasteiger partial charge < -0.3 is 10.1 Å². The standard InChI is InChI=1S/C15H15N3O4/c1-10-7-11(2)16-14(8-10)17-15(19)9-22-13-5-3-12(4-6-13)18(20)21/h3-8H,9H2,1-2H3,(H,16,17,19). The van der Waals surface area contributed by atoms with E-state index in [4.69, 9.17) is 4.74 Å². The summed E-state index contributed by atoms with van der Waals surface area (Å²) in [6.45, 7) is 3.56. The number of benzene rings is 1. The van der Waals surface area contributed by atoms with Crippen LogP contribution in [-0.2, 0) is 4.79 Å². The Kier molecular flexibility index (Phi) is 4.67. The first kappa shape index (κ1) is 15.4. The molecule has 0 spiro atoms. The van der Waals surface area contributed by atoms with E-state index in [1.807, 2.05) is 19.9 Å². The minimum atomic E-state index is -0.498. The van der Waals surface area contributed by atoms with E-state index in [1.54, 1.807) is 6.07 Å². The van der Waals surface area contributed by atoms with Crippen molar-refractivity contribution >= 4 is 17.4 Å². The third-order valence-corrected chi connectivity index (χ3v) is 2.78. The summed E-state index contributed by atoms with van der Waals surface area (Å²) in [5, 5.41) is 13.2. The summed E-state index contributed by atoms with van der Waals surface area (Å²) < 4.78 is 5.27. The number of anilines is 1. The molecule has 0 radical (unpaired) electrons. The zero-order chi connectivity index (χ0) is 16.1. The van der Waals surface area contributed by atoms with E-state index in [-0.39, 0.29) is 18.2 Å². The molecule has 1 aromatic carbocycles. The Bertz CT molecular complexity index is 678. The molecule has 2 aromatic rings. The summed E-state index contributed by atoms with van der Waals surface area (Å²) in [6, 6.07) is 9.19. The molecule has 0 aliphatic heterocycles. The smallest absolute Gasteiger partial charge is 0.269 e. The molecule has 0 aliphatic carbocycles. The third kappa shape index (κ3) is 4.27. The second kappa shape index (κ2) is 6.66. The number of nitro groups is 1. The quantitative estimate of drug-likeness (QED) is 0.676. The third-order valence-electron chi connectivity index (χ3n) is 2.78. The molecule has 0 saturated carbocycles. The molecule has 1 N–H and O–H groups in total. The van der Waals surface area contributed by atoms with Crippen LogP contribution >= 0.6 is 0 Å². The van der Waals surface area contributed by atoms with Crippen LogP contribution in [0, 0.1) is 24.0 Å². The fourth-order valence-electron chi connectivity index (χ4n) is 1.90. The van der Waals surface area contributed by atoms with Crippen LogP contribution < -0.4 is 10.1 Å². The van der Waals surface area contributed by atoms with E-state index in [2.05, 4.69) is 10.3 Å². The lowest BCUT2D eigenvalue weighted by Crippen LogP contribution is -2.21. The van der Waals surface area contributed by atoms with Crippen molar-refractivity contribution in [2.75, 3.05) is 11.9 Å². The Labute approximate surface area is 127 Å². The van der Waals surface area contributed by atoms with Crippen molar-refractivity contribution in [3.63, 3.8) is 0 Å². The number of carbonyl (C=O) groups is 1. The number of aryl methyl sites for hydroxylation is 2. The van der Waals surface area contributed by atoms with Crippen LogP contribution in [0.3, 0.4) is 0 Å². The topological polar surface area (TPSA) is 94.4 Å². The van der Waals surface area contributed by atoms with Gasteiger partial charge in [0, 0.05) is 17.8 Å². The number of nitrogens with zero attached hydrogens (tertiary/aromatic N) is 2. The van der Waals surface area contributed by atoms with Crippen molar-refractivity contribution in [1.82, 2.24) is 4.98 Å². The maximum atomic E-state index is 11.8. The van der Waals surface area contributed by atoms with Crippen molar-refractivity contribution in [1.29, 1.82) is 0 Å². The Morgan fingerprint density at radius 1 is 1.27 bits per heavy atom. The van der Waals surface area contributed by atoms with Gasteiger partial charge in [-0.2, -0.15) is 0 Å². The molecule has 114 valence electrons. The van der Waals surface area contributed by atoms with Gasteiger partial charge in [-0.15, -0.1) is 0 Å². The molecular formula is C15H15N3O4. The number of nitrogens with one attached hydrogen (secondary N) is 1. The zero-order valence-corrected chi connectivity index (χ0v) is 12.2. The number of hydrogen-bond acceptors (Lipinski definition) is 5. The van der Waals surface area contributed by atoms with Gasteiger partial charge in [0.25, 0.3) is 11.6 Å². The summed E-state index contributed by atoms with van der Waals surface area (Å²) in [5.41, 5.74) is 1.78. The number of pyridine rings is 1. The molecule has 7 nitrogen and oxygen atoms in total. The van der Waals surface area contributed by atoms with E-state index in [1.165, 1.54) is 24.3 Å². The second-order valence-corrected chi connectivity index (χ2v) is 4.76. The number of non-ortho nitro benzene ring substituents is 1. The fourth-order valence-corrected chi connectivity index (χ4v) is 1.90. The Hall–Kier alpha value is -2.96. The van der Waals surface area contributed by atoms with E-state index in [0.717, 1.165) is 11.3 Å². The predicted molar refractivity (Wildman–Crippen MR) is 80.9 cm³/mol. The second-order valence-electron chi connectivity index (χ2n) is 4.76. The average Bonchev–Trinajstić information content (AvgIpc) is 2.44. The number of rotatable bonds is 5. The molecule has 0 aliphatic rings. The fraction of sp³-hybridized carbons (Fsp3) is 0.200. The van der Waals surface area contributed by atoms with Crippen molar-refractivity contribution in [3.8, 4) is 5.75 Å². The number of ether oxygens (including phenoxy) is 1. The largest absolute Gasteiger partial charge is 0.484 e. The van der Waals surface area contributed by atoms with Crippen LogP contribution in [0.1, 0.15) is 11.3 Å². The molecule has 0 atom stereocenters. The molecule has 0 saturated heterocycles. The minimum absolute atomic E-state index is 0.0313. The van der Waals surface area contributed by atoms with Gasteiger partial charge in [0.1, 0.15) is 11.6 Å². The molecular weight excluding hydrogens is 286 g/mol. The van der Waals surface area contributed by atoms with Crippen LogP contribution in [0.4, 0.5) is 11.5 Å². The number of nitro benzene ring substituents is 1. The number of amides is 1. The van der Waals surface area contributed by atoms with Crippen molar-refractivity contribution in [2.45, 2.75) is 13.8 Å². The van der Waals surface area contributed by atoms with Crippen LogP contribution in [0.5, 0.6) is 5.75 Å². The Morgan fingerprint density at radius 3 is 2.55 bits per heavy atom. The molecule has 7 heteroatoms. The van der Waals surface area contributed by atoms with Gasteiger partial charge in [0.2, 0.25) is 0 Å². The first-order chi connectivity index (χ1) is 10.4. The molecule has 1 amide bonds. The summed E-state index contributed by atoms with van der Waals surface area (Å²) in [4.78, 5) is 26.0. The molecule has 1 heterocycles. The van der Waals surface area contributed by atoms with E-state index < -0.39 is 4.92 Å². The number of aromatic nitrogens is 1. The maximum absolute atomic E-state index is 11.8. The zero-order valence-electron chi connectivity index (χ0n) is 12.2. The summed E-state index contributed by atoms with van der Waals surface area (Å²) in [6.07, 6.45) is 0. The van der Waals surface area contributed by atoms with Crippen LogP contribution in [-0.4, -0.2) is 22.4 Å². The van der Waals surface area contributed by atoms with E-state index in [9.17, 15) is 14.9 Å². The van der Waals surface area contributed by atoms with E-state index in [0.29, 0.717) is 11.6 Å². The van der Waals surface area contributed by atoms with Gasteiger partial charge in [-0.1, -0.05) is 0 Å². The van der Waals surface area contributed by atoms with Crippen molar-refractivity contribution in [2.24, 2.45) is 0 Å². The van der Waals surface area contributed by atoms with Gasteiger partial charge in [0.05, 0.1) is 4.92 Å². The number of carbonyl (C=O) groups excluding carboxylic acids is 1. The molecule has 0 unspecified atom stereocenters. The van der Waals surface area contributed by atoms with Gasteiger partial charge in [-0.25, -0.2) is 4.98 Å². The number of hydrogen-bond donors (Lipinski definition) is 1. The van der Waals surface area contributed by atoms with Crippen LogP contribution in [0.25, 0.3) is 0 Å². The Balaban J connectivity index is 1.91. The SMILES string of the molecule is Cc1cc(C)nc(NC(=O)COc2ccc([N+](=O)[O-])cc2)c1.